The van der Waals surface area contributed by atoms with E-state index < -0.39 is 0 Å². The molecule has 1 aliphatic rings. The second kappa shape index (κ2) is 13.9. The van der Waals surface area contributed by atoms with Gasteiger partial charge < -0.3 is 14.5 Å². The number of fused-ring (bicyclic) bond motifs is 4. The van der Waals surface area contributed by atoms with Crippen LogP contribution in [-0.2, 0) is 5.41 Å². The number of benzene rings is 7. The molecule has 0 aliphatic carbocycles. The van der Waals surface area contributed by atoms with Crippen molar-refractivity contribution in [2.45, 2.75) is 26.2 Å². The first kappa shape index (κ1) is 26.7. The van der Waals surface area contributed by atoms with Gasteiger partial charge in [0.05, 0.1) is 39.1 Å². The molecule has 5 nitrogen and oxygen atoms in total. The van der Waals surface area contributed by atoms with Crippen molar-refractivity contribution >= 4 is 44.6 Å². The molecule has 0 spiro atoms. The number of ether oxygens (including phenoxy) is 1. The molecule has 0 saturated heterocycles. The highest BCUT2D eigenvalue weighted by molar-refractivity contribution is 6.09. The number of hydrogen-bond donors (Lipinski definition) is 0. The van der Waals surface area contributed by atoms with Crippen LogP contribution in [0, 0.1) is 0 Å². The van der Waals surface area contributed by atoms with Gasteiger partial charge in [-0.15, -0.1) is 0 Å². The highest BCUT2D eigenvalue weighted by Crippen LogP contribution is 2.50. The van der Waals surface area contributed by atoms with Crippen molar-refractivity contribution in [2.24, 2.45) is 0 Å². The molecule has 0 bridgehead atoms. The maximum Gasteiger partial charge on any atom is 0.137 e. The Morgan fingerprint density at radius 1 is 0.579 bits per heavy atom. The van der Waals surface area contributed by atoms with E-state index in [0.717, 1.165) is 44.9 Å². The summed E-state index contributed by atoms with van der Waals surface area (Å²) in [5.74, 6) is 0.805. The van der Waals surface area contributed by atoms with Crippen molar-refractivity contribution < 1.29 is 15.7 Å². The summed E-state index contributed by atoms with van der Waals surface area (Å²) in [6.45, 7) is 6.50. The SMILES string of the molecule is [2H]c1cc(-c2ccccc2)c(N2CN(c3cc(Oc4ccc5c6c([2H])c([2H])c([2H])c([2H])c6n(-c6cc(C(C)(C)C)ccn6)c5c4)c([2H])c([2H])c3[2H])c3ccccc32)c(-c2ccccc2)c1. The fourth-order valence-electron chi connectivity index (χ4n) is 7.75. The summed E-state index contributed by atoms with van der Waals surface area (Å²) in [6, 6.07) is 40.8. The molecule has 5 heteroatoms. The van der Waals surface area contributed by atoms with Crippen LogP contribution in [0.25, 0.3) is 49.9 Å². The van der Waals surface area contributed by atoms with E-state index in [1.807, 2.05) is 114 Å². The molecular formula is C52H42N4O. The van der Waals surface area contributed by atoms with Gasteiger partial charge in [0.25, 0.3) is 0 Å². The standard InChI is InChI=1S/C52H42N4O/c1-52(2,3)38-30-31-53-50(32-38)56-46-25-11-10-22-44(46)45-29-28-41(34-49(45)56)57-40-21-14-20-39(33-40)54-35-55(48-27-13-12-26-47(48)54)51-42(36-16-6-4-7-17-36)23-15-24-43(51)37-18-8-5-9-19-37/h4-34H,35H2,1-3H3/i10D,11D,14D,15D,20D,21D,22D,25D. The van der Waals surface area contributed by atoms with Crippen molar-refractivity contribution in [3.8, 4) is 39.6 Å². The minimum absolute atomic E-state index is 0.0459. The first-order chi connectivity index (χ1) is 31.2. The maximum atomic E-state index is 9.28. The number of pyridine rings is 1. The zero-order chi connectivity index (χ0) is 45.5. The van der Waals surface area contributed by atoms with Crippen LogP contribution in [0.3, 0.4) is 0 Å². The number of rotatable bonds is 7. The van der Waals surface area contributed by atoms with Crippen molar-refractivity contribution in [1.29, 1.82) is 0 Å². The Balaban J connectivity index is 1.11. The van der Waals surface area contributed by atoms with Gasteiger partial charge in [-0.25, -0.2) is 4.98 Å². The summed E-state index contributed by atoms with van der Waals surface area (Å²) in [7, 11) is 0. The van der Waals surface area contributed by atoms with Gasteiger partial charge in [-0.2, -0.15) is 0 Å². The molecule has 7 aromatic carbocycles. The molecule has 3 heterocycles. The Kier molecular flexibility index (Phi) is 6.49. The van der Waals surface area contributed by atoms with E-state index in [1.165, 1.54) is 0 Å². The number of nitrogens with zero attached hydrogens (tertiary/aromatic N) is 4. The fourth-order valence-corrected chi connectivity index (χ4v) is 7.75. The van der Waals surface area contributed by atoms with Gasteiger partial charge in [0.2, 0.25) is 0 Å². The van der Waals surface area contributed by atoms with Crippen LogP contribution in [0.4, 0.5) is 22.7 Å². The van der Waals surface area contributed by atoms with E-state index in [1.54, 1.807) is 35.0 Å². The summed E-state index contributed by atoms with van der Waals surface area (Å²) in [4.78, 5) is 8.83. The number of para-hydroxylation sites is 4. The highest BCUT2D eigenvalue weighted by atomic mass is 16.5. The van der Waals surface area contributed by atoms with E-state index in [-0.39, 0.29) is 65.6 Å². The number of anilines is 4. The van der Waals surface area contributed by atoms with Crippen molar-refractivity contribution in [3.63, 3.8) is 0 Å². The lowest BCUT2D eigenvalue weighted by Gasteiger charge is -2.27. The summed E-state index contributed by atoms with van der Waals surface area (Å²) in [5.41, 5.74) is 8.05. The molecule has 0 unspecified atom stereocenters. The Morgan fingerprint density at radius 3 is 1.98 bits per heavy atom. The van der Waals surface area contributed by atoms with Gasteiger partial charge in [-0.05, 0) is 76.6 Å². The van der Waals surface area contributed by atoms with Crippen LogP contribution in [0.1, 0.15) is 37.3 Å². The van der Waals surface area contributed by atoms with Crippen molar-refractivity contribution in [3.05, 3.63) is 194 Å². The fraction of sp³-hybridized carbons (Fsp3) is 0.0962. The highest BCUT2D eigenvalue weighted by Gasteiger charge is 2.31. The maximum absolute atomic E-state index is 9.28. The molecule has 2 aromatic heterocycles. The molecule has 0 fully saturated rings. The molecule has 0 N–H and O–H groups in total. The minimum Gasteiger partial charge on any atom is -0.457 e. The quantitative estimate of drug-likeness (QED) is 0.163. The van der Waals surface area contributed by atoms with Gasteiger partial charge in [0.1, 0.15) is 24.0 Å². The molecule has 0 radical (unpaired) electrons. The van der Waals surface area contributed by atoms with Crippen LogP contribution >= 0.6 is 0 Å². The Hall–Kier alpha value is -7.11. The first-order valence-electron chi connectivity index (χ1n) is 22.9. The molecule has 276 valence electrons. The van der Waals surface area contributed by atoms with Crippen molar-refractivity contribution in [1.82, 2.24) is 9.55 Å². The first-order valence-corrected chi connectivity index (χ1v) is 18.9. The zero-order valence-corrected chi connectivity index (χ0v) is 31.7. The Labute approximate surface area is 344 Å². The average Bonchev–Trinajstić information content (AvgIpc) is 3.86. The Morgan fingerprint density at radius 2 is 1.26 bits per heavy atom. The monoisotopic (exact) mass is 746 g/mol. The molecular weight excluding hydrogens is 697 g/mol. The summed E-state index contributed by atoms with van der Waals surface area (Å²) in [5, 5.41) is 0.908. The minimum atomic E-state index is -0.358. The van der Waals surface area contributed by atoms with Gasteiger partial charge in [-0.3, -0.25) is 4.57 Å². The van der Waals surface area contributed by atoms with Crippen LogP contribution < -0.4 is 14.5 Å². The zero-order valence-electron chi connectivity index (χ0n) is 39.7. The molecule has 1 aliphatic heterocycles. The number of hydrogen-bond acceptors (Lipinski definition) is 4. The van der Waals surface area contributed by atoms with E-state index in [9.17, 15) is 1.37 Å². The smallest absolute Gasteiger partial charge is 0.137 e. The Bertz CT molecular complexity index is 3310. The molecule has 10 rings (SSSR count). The van der Waals surface area contributed by atoms with Crippen LogP contribution in [0.5, 0.6) is 11.5 Å². The van der Waals surface area contributed by atoms with Gasteiger partial charge in [0, 0.05) is 45.9 Å². The predicted octanol–water partition coefficient (Wildman–Crippen LogP) is 13.8. The third-order valence-electron chi connectivity index (χ3n) is 10.5. The van der Waals surface area contributed by atoms with E-state index in [0.29, 0.717) is 39.6 Å². The van der Waals surface area contributed by atoms with Crippen LogP contribution in [-0.4, -0.2) is 16.2 Å². The molecule has 0 atom stereocenters. The second-order valence-electron chi connectivity index (χ2n) is 15.1. The lowest BCUT2D eigenvalue weighted by molar-refractivity contribution is 0.483. The topological polar surface area (TPSA) is 33.5 Å². The van der Waals surface area contributed by atoms with Crippen molar-refractivity contribution in [2.75, 3.05) is 16.5 Å². The van der Waals surface area contributed by atoms with E-state index >= 15 is 0 Å². The van der Waals surface area contributed by atoms with Gasteiger partial charge >= 0.3 is 0 Å². The van der Waals surface area contributed by atoms with Crippen LogP contribution in [0.15, 0.2) is 188 Å². The molecule has 9 aromatic rings. The third-order valence-corrected chi connectivity index (χ3v) is 10.5. The third kappa shape index (κ3) is 6.18. The predicted molar refractivity (Wildman–Crippen MR) is 237 cm³/mol. The average molecular weight is 747 g/mol. The number of aromatic nitrogens is 2. The van der Waals surface area contributed by atoms with Gasteiger partial charge in [-0.1, -0.05) is 136 Å². The summed E-state index contributed by atoms with van der Waals surface area (Å²) in [6.07, 6.45) is 1.69. The van der Waals surface area contributed by atoms with E-state index in [2.05, 4.69) is 25.7 Å². The van der Waals surface area contributed by atoms with E-state index in [4.69, 9.17) is 19.3 Å². The molecule has 0 saturated carbocycles. The summed E-state index contributed by atoms with van der Waals surface area (Å²) < 4.78 is 79.6. The normalized spacial score (nSPS) is 14.6. The van der Waals surface area contributed by atoms with Gasteiger partial charge in [0.15, 0.2) is 0 Å². The largest absolute Gasteiger partial charge is 0.457 e. The molecule has 0 amide bonds. The summed E-state index contributed by atoms with van der Waals surface area (Å²) >= 11 is 0. The molecule has 57 heavy (non-hydrogen) atoms. The lowest BCUT2D eigenvalue weighted by atomic mass is 9.88. The lowest BCUT2D eigenvalue weighted by Crippen LogP contribution is -2.24. The second-order valence-corrected chi connectivity index (χ2v) is 15.1. The van der Waals surface area contributed by atoms with Crippen LogP contribution in [0.2, 0.25) is 0 Å².